The van der Waals surface area contributed by atoms with Crippen LogP contribution < -0.4 is 10.6 Å². The number of rotatable bonds is 7. The molecular formula is C18H38IN7O2. The van der Waals surface area contributed by atoms with Crippen LogP contribution in [0.5, 0.6) is 0 Å². The highest BCUT2D eigenvalue weighted by atomic mass is 127. The van der Waals surface area contributed by atoms with Gasteiger partial charge in [0.1, 0.15) is 0 Å². The molecule has 164 valence electrons. The normalized spacial score (nSPS) is 22.6. The lowest BCUT2D eigenvalue weighted by Gasteiger charge is -2.39. The number of nitrogens with one attached hydrogen (secondary N) is 2. The van der Waals surface area contributed by atoms with E-state index < -0.39 is 0 Å². The Morgan fingerprint density at radius 2 is 1.82 bits per heavy atom. The van der Waals surface area contributed by atoms with Gasteiger partial charge in [0.25, 0.3) is 0 Å². The molecule has 0 bridgehead atoms. The molecule has 2 aliphatic rings. The molecule has 2 saturated heterocycles. The smallest absolute Gasteiger partial charge is 0.234 e. The third-order valence-corrected chi connectivity index (χ3v) is 5.36. The molecule has 0 spiro atoms. The molecule has 2 heterocycles. The van der Waals surface area contributed by atoms with Crippen molar-refractivity contribution in [3.05, 3.63) is 0 Å². The Morgan fingerprint density at radius 3 is 2.46 bits per heavy atom. The van der Waals surface area contributed by atoms with Gasteiger partial charge in [0.15, 0.2) is 5.96 Å². The minimum Gasteiger partial charge on any atom is -0.383 e. The number of likely N-dealkylation sites (N-methyl/N-ethyl adjacent to an activating group) is 2. The zero-order valence-corrected chi connectivity index (χ0v) is 20.1. The van der Waals surface area contributed by atoms with E-state index in [4.69, 9.17) is 4.74 Å². The second kappa shape index (κ2) is 13.5. The zero-order valence-electron chi connectivity index (χ0n) is 17.8. The van der Waals surface area contributed by atoms with E-state index in [0.29, 0.717) is 25.7 Å². The zero-order chi connectivity index (χ0) is 19.6. The molecule has 28 heavy (non-hydrogen) atoms. The van der Waals surface area contributed by atoms with Gasteiger partial charge in [-0.2, -0.15) is 0 Å². The Bertz CT molecular complexity index is 487. The van der Waals surface area contributed by atoms with Gasteiger partial charge in [-0.25, -0.2) is 0 Å². The first-order valence-electron chi connectivity index (χ1n) is 9.86. The maximum atomic E-state index is 11.9. The number of nitrogens with zero attached hydrogens (tertiary/aromatic N) is 5. The van der Waals surface area contributed by atoms with Crippen LogP contribution in [0.15, 0.2) is 4.99 Å². The number of carbonyl (C=O) groups excluding carboxylic acids is 1. The Labute approximate surface area is 186 Å². The average molecular weight is 511 g/mol. The SMILES string of the molecule is CN=C(NCC1CN(C)CCN1C)N1CCN(CC(=O)NCCOC)CC1.I. The fourth-order valence-corrected chi connectivity index (χ4v) is 3.53. The van der Waals surface area contributed by atoms with Gasteiger partial charge in [-0.15, -0.1) is 24.0 Å². The highest BCUT2D eigenvalue weighted by molar-refractivity contribution is 14.0. The third-order valence-electron chi connectivity index (χ3n) is 5.36. The summed E-state index contributed by atoms with van der Waals surface area (Å²) in [6.45, 7) is 9.26. The predicted octanol–water partition coefficient (Wildman–Crippen LogP) is -1.19. The highest BCUT2D eigenvalue weighted by Crippen LogP contribution is 2.06. The van der Waals surface area contributed by atoms with Crippen molar-refractivity contribution >= 4 is 35.8 Å². The van der Waals surface area contributed by atoms with E-state index in [0.717, 1.165) is 58.3 Å². The number of piperazine rings is 2. The van der Waals surface area contributed by atoms with Crippen LogP contribution in [0.3, 0.4) is 0 Å². The number of hydrogen-bond donors (Lipinski definition) is 2. The number of ether oxygens (including phenoxy) is 1. The summed E-state index contributed by atoms with van der Waals surface area (Å²) in [5.41, 5.74) is 0. The van der Waals surface area contributed by atoms with E-state index in [1.54, 1.807) is 7.11 Å². The number of aliphatic imine (C=N–C) groups is 1. The first kappa shape index (κ1) is 25.3. The molecule has 1 amide bonds. The summed E-state index contributed by atoms with van der Waals surface area (Å²) in [6, 6.07) is 0.498. The molecule has 2 rings (SSSR count). The minimum absolute atomic E-state index is 0. The standard InChI is InChI=1S/C18H37N7O2.HI/c1-19-18(21-13-16-14-22(2)6-7-23(16)3)25-10-8-24(9-11-25)15-17(26)20-5-12-27-4;/h16H,5-15H2,1-4H3,(H,19,21)(H,20,26);1H. The van der Waals surface area contributed by atoms with Gasteiger partial charge in [0, 0.05) is 79.1 Å². The van der Waals surface area contributed by atoms with Crippen LogP contribution in [-0.4, -0.2) is 138 Å². The fourth-order valence-electron chi connectivity index (χ4n) is 3.53. The largest absolute Gasteiger partial charge is 0.383 e. The molecule has 0 aromatic carbocycles. The number of carbonyl (C=O) groups is 1. The van der Waals surface area contributed by atoms with Crippen LogP contribution in [0.25, 0.3) is 0 Å². The van der Waals surface area contributed by atoms with Gasteiger partial charge in [0.2, 0.25) is 5.91 Å². The van der Waals surface area contributed by atoms with Crippen molar-refractivity contribution in [1.29, 1.82) is 0 Å². The van der Waals surface area contributed by atoms with Crippen LogP contribution in [0, 0.1) is 0 Å². The Kier molecular flexibility index (Phi) is 12.2. The summed E-state index contributed by atoms with van der Waals surface area (Å²) in [6.07, 6.45) is 0. The molecule has 2 N–H and O–H groups in total. The monoisotopic (exact) mass is 511 g/mol. The molecule has 0 aromatic heterocycles. The highest BCUT2D eigenvalue weighted by Gasteiger charge is 2.24. The number of methoxy groups -OCH3 is 1. The molecule has 2 aliphatic heterocycles. The van der Waals surface area contributed by atoms with Crippen LogP contribution >= 0.6 is 24.0 Å². The summed E-state index contributed by atoms with van der Waals surface area (Å²) in [5.74, 6) is 1.02. The quantitative estimate of drug-likeness (QED) is 0.193. The van der Waals surface area contributed by atoms with Crippen molar-refractivity contribution in [3.63, 3.8) is 0 Å². The summed E-state index contributed by atoms with van der Waals surface area (Å²) < 4.78 is 4.95. The lowest BCUT2D eigenvalue weighted by molar-refractivity contribution is -0.122. The molecule has 1 atom stereocenters. The second-order valence-electron chi connectivity index (χ2n) is 7.43. The maximum absolute atomic E-state index is 11.9. The van der Waals surface area contributed by atoms with Gasteiger partial charge in [0.05, 0.1) is 13.2 Å². The fraction of sp³-hybridized carbons (Fsp3) is 0.889. The van der Waals surface area contributed by atoms with Crippen molar-refractivity contribution in [3.8, 4) is 0 Å². The topological polar surface area (TPSA) is 75.7 Å². The maximum Gasteiger partial charge on any atom is 0.234 e. The first-order chi connectivity index (χ1) is 13.0. The lowest BCUT2D eigenvalue weighted by Crippen LogP contribution is -2.58. The molecule has 0 aromatic rings. The Hall–Kier alpha value is -0.690. The molecule has 0 saturated carbocycles. The van der Waals surface area contributed by atoms with E-state index in [1.807, 2.05) is 7.05 Å². The third kappa shape index (κ3) is 8.36. The molecule has 1 unspecified atom stereocenters. The minimum atomic E-state index is 0. The van der Waals surface area contributed by atoms with E-state index in [-0.39, 0.29) is 29.9 Å². The summed E-state index contributed by atoms with van der Waals surface area (Å²) in [7, 11) is 7.85. The van der Waals surface area contributed by atoms with Gasteiger partial charge >= 0.3 is 0 Å². The lowest BCUT2D eigenvalue weighted by atomic mass is 10.2. The van der Waals surface area contributed by atoms with Crippen molar-refractivity contribution in [2.24, 2.45) is 4.99 Å². The van der Waals surface area contributed by atoms with Gasteiger partial charge in [-0.05, 0) is 14.1 Å². The van der Waals surface area contributed by atoms with Crippen molar-refractivity contribution in [2.75, 3.05) is 100 Å². The molecular weight excluding hydrogens is 473 g/mol. The van der Waals surface area contributed by atoms with Gasteiger partial charge in [-0.3, -0.25) is 19.6 Å². The number of guanidine groups is 1. The van der Waals surface area contributed by atoms with Gasteiger partial charge in [-0.1, -0.05) is 0 Å². The molecule has 0 aliphatic carbocycles. The summed E-state index contributed by atoms with van der Waals surface area (Å²) in [4.78, 5) is 25.7. The number of amides is 1. The van der Waals surface area contributed by atoms with E-state index >= 15 is 0 Å². The van der Waals surface area contributed by atoms with Crippen LogP contribution in [0.2, 0.25) is 0 Å². The average Bonchev–Trinajstić information content (AvgIpc) is 2.66. The molecule has 10 heteroatoms. The van der Waals surface area contributed by atoms with E-state index in [2.05, 4.69) is 49.3 Å². The number of halogens is 1. The first-order valence-corrected chi connectivity index (χ1v) is 9.86. The van der Waals surface area contributed by atoms with E-state index in [9.17, 15) is 4.79 Å². The number of hydrogen-bond acceptors (Lipinski definition) is 6. The van der Waals surface area contributed by atoms with Crippen LogP contribution in [0.4, 0.5) is 0 Å². The van der Waals surface area contributed by atoms with Gasteiger partial charge < -0.3 is 25.2 Å². The second-order valence-corrected chi connectivity index (χ2v) is 7.43. The summed E-state index contributed by atoms with van der Waals surface area (Å²) in [5, 5.41) is 6.42. The van der Waals surface area contributed by atoms with E-state index in [1.165, 1.54) is 0 Å². The Balaban J connectivity index is 0.00000392. The molecule has 0 radical (unpaired) electrons. The predicted molar refractivity (Wildman–Crippen MR) is 124 cm³/mol. The Morgan fingerprint density at radius 1 is 1.11 bits per heavy atom. The molecule has 2 fully saturated rings. The molecule has 9 nitrogen and oxygen atoms in total. The summed E-state index contributed by atoms with van der Waals surface area (Å²) >= 11 is 0. The van der Waals surface area contributed by atoms with Crippen molar-refractivity contribution < 1.29 is 9.53 Å². The van der Waals surface area contributed by atoms with Crippen molar-refractivity contribution in [2.45, 2.75) is 6.04 Å². The van der Waals surface area contributed by atoms with Crippen LogP contribution in [0.1, 0.15) is 0 Å². The van der Waals surface area contributed by atoms with Crippen LogP contribution in [-0.2, 0) is 9.53 Å². The van der Waals surface area contributed by atoms with Crippen molar-refractivity contribution in [1.82, 2.24) is 30.2 Å².